The van der Waals surface area contributed by atoms with Crippen molar-refractivity contribution in [1.29, 1.82) is 0 Å². The van der Waals surface area contributed by atoms with Gasteiger partial charge in [0, 0.05) is 32.3 Å². The van der Waals surface area contributed by atoms with E-state index in [0.29, 0.717) is 5.69 Å². The van der Waals surface area contributed by atoms with Gasteiger partial charge in [-0.2, -0.15) is 0 Å². The van der Waals surface area contributed by atoms with Crippen molar-refractivity contribution in [3.8, 4) is 5.75 Å². The van der Waals surface area contributed by atoms with Gasteiger partial charge in [-0.05, 0) is 12.1 Å². The van der Waals surface area contributed by atoms with E-state index in [0.717, 1.165) is 0 Å². The first-order valence-corrected chi connectivity index (χ1v) is 5.40. The summed E-state index contributed by atoms with van der Waals surface area (Å²) in [6.07, 6.45) is 0. The SMILES string of the molecule is CC(=O)NC(CN(C)c1cccc(O)c1)C(=O)O. The highest BCUT2D eigenvalue weighted by molar-refractivity contribution is 5.82. The van der Waals surface area contributed by atoms with Gasteiger partial charge in [-0.25, -0.2) is 4.79 Å². The molecule has 6 heteroatoms. The minimum atomic E-state index is -1.10. The Bertz CT molecular complexity index is 447. The summed E-state index contributed by atoms with van der Waals surface area (Å²) in [6, 6.07) is 5.46. The second kappa shape index (κ2) is 5.90. The molecule has 1 rings (SSSR count). The zero-order chi connectivity index (χ0) is 13.7. The van der Waals surface area contributed by atoms with E-state index in [1.807, 2.05) is 0 Å². The fourth-order valence-electron chi connectivity index (χ4n) is 1.54. The number of aliphatic carboxylic acids is 1. The molecular weight excluding hydrogens is 236 g/mol. The molecule has 0 spiro atoms. The molecule has 0 aliphatic rings. The molecule has 0 radical (unpaired) electrons. The van der Waals surface area contributed by atoms with Crippen LogP contribution in [0.25, 0.3) is 0 Å². The number of nitrogens with one attached hydrogen (secondary N) is 1. The van der Waals surface area contributed by atoms with E-state index >= 15 is 0 Å². The molecule has 0 heterocycles. The van der Waals surface area contributed by atoms with Gasteiger partial charge >= 0.3 is 5.97 Å². The Kier molecular flexibility index (Phi) is 4.53. The molecular formula is C12H16N2O4. The molecule has 6 nitrogen and oxygen atoms in total. The first-order chi connectivity index (χ1) is 8.40. The number of carboxylic acid groups (broad SMARTS) is 1. The van der Waals surface area contributed by atoms with Gasteiger partial charge in [0.25, 0.3) is 0 Å². The van der Waals surface area contributed by atoms with Crippen LogP contribution in [0.1, 0.15) is 6.92 Å². The normalized spacial score (nSPS) is 11.7. The predicted octanol–water partition coefficient (Wildman–Crippen LogP) is 0.418. The molecule has 3 N–H and O–H groups in total. The number of amides is 1. The van der Waals surface area contributed by atoms with Gasteiger partial charge in [0.2, 0.25) is 5.91 Å². The van der Waals surface area contributed by atoms with Crippen molar-refractivity contribution < 1.29 is 19.8 Å². The molecule has 1 unspecified atom stereocenters. The number of phenolic OH excluding ortho intramolecular Hbond substituents is 1. The Balaban J connectivity index is 2.75. The molecule has 1 aromatic rings. The summed E-state index contributed by atoms with van der Waals surface area (Å²) in [4.78, 5) is 23.5. The molecule has 0 aromatic heterocycles. The third-order valence-electron chi connectivity index (χ3n) is 2.40. The van der Waals surface area contributed by atoms with Crippen LogP contribution in [0.4, 0.5) is 5.69 Å². The maximum absolute atomic E-state index is 11.0. The second-order valence-corrected chi connectivity index (χ2v) is 3.99. The lowest BCUT2D eigenvalue weighted by Crippen LogP contribution is -2.47. The van der Waals surface area contributed by atoms with Crippen molar-refractivity contribution in [3.63, 3.8) is 0 Å². The maximum atomic E-state index is 11.0. The topological polar surface area (TPSA) is 89.9 Å². The number of phenols is 1. The van der Waals surface area contributed by atoms with Crippen LogP contribution < -0.4 is 10.2 Å². The largest absolute Gasteiger partial charge is 0.508 e. The molecule has 0 fully saturated rings. The number of hydrogen-bond donors (Lipinski definition) is 3. The van der Waals surface area contributed by atoms with Gasteiger partial charge < -0.3 is 20.4 Å². The molecule has 0 saturated heterocycles. The highest BCUT2D eigenvalue weighted by Crippen LogP contribution is 2.18. The molecule has 0 aliphatic heterocycles. The van der Waals surface area contributed by atoms with E-state index in [4.69, 9.17) is 5.11 Å². The number of aromatic hydroxyl groups is 1. The standard InChI is InChI=1S/C12H16N2O4/c1-8(15)13-11(12(17)18)7-14(2)9-4-3-5-10(16)6-9/h3-6,11,16H,7H2,1-2H3,(H,13,15)(H,17,18). The summed E-state index contributed by atoms with van der Waals surface area (Å²) in [5, 5.41) is 20.7. The van der Waals surface area contributed by atoms with E-state index < -0.39 is 17.9 Å². The second-order valence-electron chi connectivity index (χ2n) is 3.99. The van der Waals surface area contributed by atoms with E-state index in [1.165, 1.54) is 19.1 Å². The van der Waals surface area contributed by atoms with Crippen molar-refractivity contribution in [3.05, 3.63) is 24.3 Å². The van der Waals surface area contributed by atoms with Crippen LogP contribution in [0.15, 0.2) is 24.3 Å². The number of carbonyl (C=O) groups is 2. The van der Waals surface area contributed by atoms with Crippen molar-refractivity contribution in [1.82, 2.24) is 5.32 Å². The van der Waals surface area contributed by atoms with Crippen LogP contribution in [0.2, 0.25) is 0 Å². The number of hydrogen-bond acceptors (Lipinski definition) is 4. The minimum Gasteiger partial charge on any atom is -0.508 e. The number of anilines is 1. The van der Waals surface area contributed by atoms with E-state index in [-0.39, 0.29) is 12.3 Å². The van der Waals surface area contributed by atoms with Gasteiger partial charge in [-0.15, -0.1) is 0 Å². The number of carbonyl (C=O) groups excluding carboxylic acids is 1. The molecule has 18 heavy (non-hydrogen) atoms. The van der Waals surface area contributed by atoms with Gasteiger partial charge in [0.1, 0.15) is 11.8 Å². The molecule has 0 aliphatic carbocycles. The van der Waals surface area contributed by atoms with Crippen LogP contribution in [0.5, 0.6) is 5.75 Å². The maximum Gasteiger partial charge on any atom is 0.328 e. The highest BCUT2D eigenvalue weighted by atomic mass is 16.4. The van der Waals surface area contributed by atoms with E-state index in [9.17, 15) is 14.7 Å². The third kappa shape index (κ3) is 3.97. The summed E-state index contributed by atoms with van der Waals surface area (Å²) in [7, 11) is 1.69. The molecule has 1 aromatic carbocycles. The van der Waals surface area contributed by atoms with Crippen LogP contribution >= 0.6 is 0 Å². The van der Waals surface area contributed by atoms with Crippen LogP contribution in [0.3, 0.4) is 0 Å². The van der Waals surface area contributed by atoms with Gasteiger partial charge in [0.15, 0.2) is 0 Å². The van der Waals surface area contributed by atoms with E-state index in [1.54, 1.807) is 24.1 Å². The Morgan fingerprint density at radius 3 is 2.61 bits per heavy atom. The molecule has 0 saturated carbocycles. The Morgan fingerprint density at radius 2 is 2.11 bits per heavy atom. The van der Waals surface area contributed by atoms with Crippen molar-refractivity contribution >= 4 is 17.6 Å². The average molecular weight is 252 g/mol. The lowest BCUT2D eigenvalue weighted by atomic mass is 10.2. The van der Waals surface area contributed by atoms with Gasteiger partial charge in [-0.3, -0.25) is 4.79 Å². The molecule has 1 amide bonds. The van der Waals surface area contributed by atoms with Crippen LogP contribution in [0, 0.1) is 0 Å². The monoisotopic (exact) mass is 252 g/mol. The van der Waals surface area contributed by atoms with Gasteiger partial charge in [0.05, 0.1) is 0 Å². The Morgan fingerprint density at radius 1 is 1.44 bits per heavy atom. The van der Waals surface area contributed by atoms with Crippen LogP contribution in [-0.4, -0.2) is 41.7 Å². The average Bonchev–Trinajstić information content (AvgIpc) is 2.27. The van der Waals surface area contributed by atoms with Gasteiger partial charge in [-0.1, -0.05) is 6.07 Å². The zero-order valence-corrected chi connectivity index (χ0v) is 10.3. The fraction of sp³-hybridized carbons (Fsp3) is 0.333. The Labute approximate surface area is 105 Å². The number of likely N-dealkylation sites (N-methyl/N-ethyl adjacent to an activating group) is 1. The summed E-state index contributed by atoms with van der Waals surface area (Å²) < 4.78 is 0. The first-order valence-electron chi connectivity index (χ1n) is 5.40. The summed E-state index contributed by atoms with van der Waals surface area (Å²) in [5.74, 6) is -1.39. The molecule has 1 atom stereocenters. The number of carboxylic acids is 1. The molecule has 98 valence electrons. The van der Waals surface area contributed by atoms with Crippen molar-refractivity contribution in [2.24, 2.45) is 0 Å². The summed E-state index contributed by atoms with van der Waals surface area (Å²) >= 11 is 0. The fourth-order valence-corrected chi connectivity index (χ4v) is 1.54. The molecule has 0 bridgehead atoms. The summed E-state index contributed by atoms with van der Waals surface area (Å²) in [5.41, 5.74) is 0.673. The lowest BCUT2D eigenvalue weighted by Gasteiger charge is -2.23. The first kappa shape index (κ1) is 13.8. The van der Waals surface area contributed by atoms with Crippen molar-refractivity contribution in [2.45, 2.75) is 13.0 Å². The number of nitrogens with zero attached hydrogens (tertiary/aromatic N) is 1. The van der Waals surface area contributed by atoms with Crippen molar-refractivity contribution in [2.75, 3.05) is 18.5 Å². The predicted molar refractivity (Wildman–Crippen MR) is 66.6 cm³/mol. The number of rotatable bonds is 5. The van der Waals surface area contributed by atoms with Crippen LogP contribution in [-0.2, 0) is 9.59 Å². The number of benzene rings is 1. The zero-order valence-electron chi connectivity index (χ0n) is 10.3. The van der Waals surface area contributed by atoms with E-state index in [2.05, 4.69) is 5.32 Å². The third-order valence-corrected chi connectivity index (χ3v) is 2.40. The Hall–Kier alpha value is -2.24. The smallest absolute Gasteiger partial charge is 0.328 e. The highest BCUT2D eigenvalue weighted by Gasteiger charge is 2.20. The lowest BCUT2D eigenvalue weighted by molar-refractivity contribution is -0.141. The quantitative estimate of drug-likeness (QED) is 0.706. The summed E-state index contributed by atoms with van der Waals surface area (Å²) in [6.45, 7) is 1.38. The minimum absolute atomic E-state index is 0.103.